The smallest absolute Gasteiger partial charge is 0.250 e. The van der Waals surface area contributed by atoms with Gasteiger partial charge in [0.2, 0.25) is 22.7 Å². The maximum Gasteiger partial charge on any atom is 0.250 e. The Kier molecular flexibility index (Phi) is 9.37. The van der Waals surface area contributed by atoms with Crippen molar-refractivity contribution in [1.29, 1.82) is 0 Å². The molecule has 11 heteroatoms. The lowest BCUT2D eigenvalue weighted by Gasteiger charge is -2.22. The lowest BCUT2D eigenvalue weighted by atomic mass is 9.95. The lowest BCUT2D eigenvalue weighted by Crippen LogP contribution is -2.37. The van der Waals surface area contributed by atoms with Crippen LogP contribution in [0.4, 0.5) is 5.13 Å². The Bertz CT molecular complexity index is 964. The molecule has 3 rings (SSSR count). The number of nitrogens with zero attached hydrogens (tertiary/aromatic N) is 2. The van der Waals surface area contributed by atoms with E-state index in [1.807, 2.05) is 0 Å². The van der Waals surface area contributed by atoms with E-state index in [-0.39, 0.29) is 23.6 Å². The number of rotatable bonds is 10. The van der Waals surface area contributed by atoms with Gasteiger partial charge in [-0.25, -0.2) is 0 Å². The first-order valence-electron chi connectivity index (χ1n) is 10.6. The Morgan fingerprint density at radius 2 is 1.79 bits per heavy atom. The Labute approximate surface area is 201 Å². The first-order chi connectivity index (χ1) is 16.0. The summed E-state index contributed by atoms with van der Waals surface area (Å²) in [4.78, 5) is 24.4. The van der Waals surface area contributed by atoms with Gasteiger partial charge in [-0.2, -0.15) is 0 Å². The van der Waals surface area contributed by atoms with Gasteiger partial charge in [-0.15, -0.1) is 10.2 Å². The highest BCUT2D eigenvalue weighted by Gasteiger charge is 2.17. The topological polar surface area (TPSA) is 112 Å². The van der Waals surface area contributed by atoms with E-state index in [1.54, 1.807) is 18.2 Å². The number of methoxy groups -OCH3 is 3. The van der Waals surface area contributed by atoms with Gasteiger partial charge in [0.25, 0.3) is 0 Å². The van der Waals surface area contributed by atoms with Crippen LogP contribution in [0.3, 0.4) is 0 Å². The van der Waals surface area contributed by atoms with Crippen LogP contribution in [-0.4, -0.2) is 55.1 Å². The minimum Gasteiger partial charge on any atom is -0.493 e. The maximum atomic E-state index is 12.3. The number of thioether (sulfide) groups is 1. The molecule has 0 radical (unpaired) electrons. The zero-order valence-electron chi connectivity index (χ0n) is 18.9. The molecule has 0 atom stereocenters. The molecule has 1 aromatic heterocycles. The highest BCUT2D eigenvalue weighted by Crippen LogP contribution is 2.38. The first kappa shape index (κ1) is 24.8. The van der Waals surface area contributed by atoms with E-state index in [4.69, 9.17) is 14.2 Å². The summed E-state index contributed by atoms with van der Waals surface area (Å²) < 4.78 is 16.6. The van der Waals surface area contributed by atoms with Crippen LogP contribution in [-0.2, 0) is 9.59 Å². The molecule has 0 unspecified atom stereocenters. The standard InChI is InChI=1S/C22H28N4O5S2/c1-29-16-11-14(12-17(30-2)20(16)31-3)9-10-18(27)24-21-25-26-22(33-21)32-13-19(28)23-15-7-5-4-6-8-15/h9-12,15H,4-8,13H2,1-3H3,(H,23,28)(H,24,25,27)/b10-9+. The number of anilines is 1. The molecule has 178 valence electrons. The van der Waals surface area contributed by atoms with E-state index in [2.05, 4.69) is 20.8 Å². The SMILES string of the molecule is COc1cc(/C=C/C(=O)Nc2nnc(SCC(=O)NC3CCCCC3)s2)cc(OC)c1OC. The number of benzene rings is 1. The number of aromatic nitrogens is 2. The average molecular weight is 493 g/mol. The van der Waals surface area contributed by atoms with Crippen molar-refractivity contribution in [1.82, 2.24) is 15.5 Å². The molecule has 1 fully saturated rings. The number of amides is 2. The number of ether oxygens (including phenoxy) is 3. The van der Waals surface area contributed by atoms with Gasteiger partial charge in [0, 0.05) is 12.1 Å². The third-order valence-electron chi connectivity index (χ3n) is 5.05. The molecular weight excluding hydrogens is 464 g/mol. The summed E-state index contributed by atoms with van der Waals surface area (Å²) in [6.45, 7) is 0. The third kappa shape index (κ3) is 7.36. The maximum absolute atomic E-state index is 12.3. The molecule has 2 amide bonds. The van der Waals surface area contributed by atoms with Crippen molar-refractivity contribution in [2.45, 2.75) is 42.5 Å². The Hall–Kier alpha value is -2.79. The van der Waals surface area contributed by atoms with Gasteiger partial charge < -0.3 is 19.5 Å². The van der Waals surface area contributed by atoms with Crippen LogP contribution in [0.15, 0.2) is 22.5 Å². The van der Waals surface area contributed by atoms with Crippen molar-refractivity contribution < 1.29 is 23.8 Å². The number of hydrogen-bond acceptors (Lipinski definition) is 9. The molecule has 33 heavy (non-hydrogen) atoms. The number of nitrogens with one attached hydrogen (secondary N) is 2. The summed E-state index contributed by atoms with van der Waals surface area (Å²) in [6, 6.07) is 3.76. The predicted molar refractivity (Wildman–Crippen MR) is 129 cm³/mol. The van der Waals surface area contributed by atoms with Crippen LogP contribution in [0, 0.1) is 0 Å². The molecule has 0 saturated heterocycles. The molecule has 2 aromatic rings. The van der Waals surface area contributed by atoms with Crippen molar-refractivity contribution in [3.8, 4) is 17.2 Å². The summed E-state index contributed by atoms with van der Waals surface area (Å²) in [5.74, 6) is 1.39. The Balaban J connectivity index is 1.51. The highest BCUT2D eigenvalue weighted by molar-refractivity contribution is 8.01. The Morgan fingerprint density at radius 1 is 1.09 bits per heavy atom. The van der Waals surface area contributed by atoms with Crippen molar-refractivity contribution >= 4 is 46.1 Å². The van der Waals surface area contributed by atoms with Crippen LogP contribution in [0.5, 0.6) is 17.2 Å². The van der Waals surface area contributed by atoms with Gasteiger partial charge in [0.05, 0.1) is 27.1 Å². The quantitative estimate of drug-likeness (QED) is 0.293. The second-order valence-electron chi connectivity index (χ2n) is 7.35. The second-order valence-corrected chi connectivity index (χ2v) is 9.55. The fourth-order valence-corrected chi connectivity index (χ4v) is 5.04. The molecule has 1 aliphatic carbocycles. The summed E-state index contributed by atoms with van der Waals surface area (Å²) in [5, 5.41) is 14.1. The molecular formula is C22H28N4O5S2. The molecule has 1 saturated carbocycles. The first-order valence-corrected chi connectivity index (χ1v) is 12.4. The summed E-state index contributed by atoms with van der Waals surface area (Å²) in [7, 11) is 4.59. The number of carbonyl (C=O) groups is 2. The van der Waals surface area contributed by atoms with E-state index in [1.165, 1.54) is 69.8 Å². The second kappa shape index (κ2) is 12.4. The van der Waals surface area contributed by atoms with E-state index < -0.39 is 0 Å². The van der Waals surface area contributed by atoms with E-state index in [9.17, 15) is 9.59 Å². The van der Waals surface area contributed by atoms with Gasteiger partial charge >= 0.3 is 0 Å². The van der Waals surface area contributed by atoms with Crippen LogP contribution in [0.2, 0.25) is 0 Å². The van der Waals surface area contributed by atoms with Crippen LogP contribution in [0.25, 0.3) is 6.08 Å². The monoisotopic (exact) mass is 492 g/mol. The minimum absolute atomic E-state index is 0.000895. The van der Waals surface area contributed by atoms with Gasteiger partial charge in [0.1, 0.15) is 0 Å². The molecule has 1 heterocycles. The highest BCUT2D eigenvalue weighted by atomic mass is 32.2. The van der Waals surface area contributed by atoms with Crippen molar-refractivity contribution in [3.05, 3.63) is 23.8 Å². The molecule has 9 nitrogen and oxygen atoms in total. The fraction of sp³-hybridized carbons (Fsp3) is 0.455. The normalized spacial score (nSPS) is 14.2. The van der Waals surface area contributed by atoms with Crippen molar-refractivity contribution in [2.75, 3.05) is 32.4 Å². The minimum atomic E-state index is -0.355. The summed E-state index contributed by atoms with van der Waals surface area (Å²) in [6.07, 6.45) is 8.71. The molecule has 2 N–H and O–H groups in total. The molecule has 1 aromatic carbocycles. The third-order valence-corrected chi connectivity index (χ3v) is 7.02. The number of hydrogen-bond donors (Lipinski definition) is 2. The average Bonchev–Trinajstić information content (AvgIpc) is 3.28. The van der Waals surface area contributed by atoms with Gasteiger partial charge in [-0.05, 0) is 36.6 Å². The molecule has 1 aliphatic rings. The fourth-order valence-electron chi connectivity index (χ4n) is 3.48. The van der Waals surface area contributed by atoms with E-state index >= 15 is 0 Å². The van der Waals surface area contributed by atoms with Gasteiger partial charge in [-0.1, -0.05) is 42.4 Å². The van der Waals surface area contributed by atoms with Crippen molar-refractivity contribution in [3.63, 3.8) is 0 Å². The van der Waals surface area contributed by atoms with Crippen molar-refractivity contribution in [2.24, 2.45) is 0 Å². The summed E-state index contributed by atoms with van der Waals surface area (Å²) in [5.41, 5.74) is 0.706. The van der Waals surface area contributed by atoms with E-state index in [0.717, 1.165) is 12.8 Å². The Morgan fingerprint density at radius 3 is 2.42 bits per heavy atom. The van der Waals surface area contributed by atoms with Crippen LogP contribution in [0.1, 0.15) is 37.7 Å². The zero-order chi connectivity index (χ0) is 23.6. The van der Waals surface area contributed by atoms with Crippen LogP contribution < -0.4 is 24.8 Å². The zero-order valence-corrected chi connectivity index (χ0v) is 20.5. The molecule has 0 bridgehead atoms. The molecule has 0 spiro atoms. The predicted octanol–water partition coefficient (Wildman–Crippen LogP) is 3.76. The lowest BCUT2D eigenvalue weighted by molar-refractivity contribution is -0.119. The van der Waals surface area contributed by atoms with E-state index in [0.29, 0.717) is 32.3 Å². The molecule has 0 aliphatic heterocycles. The van der Waals surface area contributed by atoms with Crippen LogP contribution >= 0.6 is 23.1 Å². The van der Waals surface area contributed by atoms with Gasteiger partial charge in [0.15, 0.2) is 15.8 Å². The van der Waals surface area contributed by atoms with Gasteiger partial charge in [-0.3, -0.25) is 14.9 Å². The number of carbonyl (C=O) groups excluding carboxylic acids is 2. The largest absolute Gasteiger partial charge is 0.493 e. The summed E-state index contributed by atoms with van der Waals surface area (Å²) >= 11 is 2.54.